The van der Waals surface area contributed by atoms with E-state index in [1.165, 1.54) is 30.6 Å². The van der Waals surface area contributed by atoms with E-state index in [4.69, 9.17) is 0 Å². The SMILES string of the molecule is COC(=O)c1nc(Cc2cc(F)cc(F)c2)sc1C. The van der Waals surface area contributed by atoms with Gasteiger partial charge in [-0.3, -0.25) is 0 Å². The molecule has 3 nitrogen and oxygen atoms in total. The smallest absolute Gasteiger partial charge is 0.357 e. The molecule has 6 heteroatoms. The number of rotatable bonds is 3. The zero-order chi connectivity index (χ0) is 14.0. The summed E-state index contributed by atoms with van der Waals surface area (Å²) < 4.78 is 30.7. The summed E-state index contributed by atoms with van der Waals surface area (Å²) >= 11 is 1.31. The zero-order valence-electron chi connectivity index (χ0n) is 10.4. The normalized spacial score (nSPS) is 10.5. The Labute approximate surface area is 112 Å². The van der Waals surface area contributed by atoms with E-state index in [-0.39, 0.29) is 12.1 Å². The fourth-order valence-electron chi connectivity index (χ4n) is 1.70. The maximum Gasteiger partial charge on any atom is 0.357 e. The molecule has 0 aliphatic rings. The lowest BCUT2D eigenvalue weighted by Crippen LogP contribution is -2.03. The molecule has 2 aromatic rings. The van der Waals surface area contributed by atoms with Crippen molar-refractivity contribution >= 4 is 17.3 Å². The molecule has 0 amide bonds. The van der Waals surface area contributed by atoms with E-state index < -0.39 is 17.6 Å². The number of nitrogens with zero attached hydrogens (tertiary/aromatic N) is 1. The Morgan fingerprint density at radius 3 is 2.53 bits per heavy atom. The first-order valence-corrected chi connectivity index (χ1v) is 6.31. The molecule has 1 aromatic heterocycles. The quantitative estimate of drug-likeness (QED) is 0.812. The van der Waals surface area contributed by atoms with E-state index in [2.05, 4.69) is 9.72 Å². The van der Waals surface area contributed by atoms with Gasteiger partial charge in [0.1, 0.15) is 11.6 Å². The van der Waals surface area contributed by atoms with E-state index in [1.54, 1.807) is 6.92 Å². The van der Waals surface area contributed by atoms with Crippen molar-refractivity contribution in [3.63, 3.8) is 0 Å². The van der Waals surface area contributed by atoms with Gasteiger partial charge < -0.3 is 4.74 Å². The highest BCUT2D eigenvalue weighted by Gasteiger charge is 2.16. The van der Waals surface area contributed by atoms with E-state index in [9.17, 15) is 13.6 Å². The third kappa shape index (κ3) is 3.14. The number of aryl methyl sites for hydroxylation is 1. The number of hydrogen-bond donors (Lipinski definition) is 0. The average molecular weight is 283 g/mol. The van der Waals surface area contributed by atoms with Crippen molar-refractivity contribution in [2.24, 2.45) is 0 Å². The van der Waals surface area contributed by atoms with Crippen LogP contribution in [0.15, 0.2) is 18.2 Å². The molecule has 0 aliphatic carbocycles. The van der Waals surface area contributed by atoms with Gasteiger partial charge in [0.05, 0.1) is 12.1 Å². The van der Waals surface area contributed by atoms with Crippen LogP contribution in [-0.2, 0) is 11.2 Å². The second kappa shape index (κ2) is 5.44. The van der Waals surface area contributed by atoms with Gasteiger partial charge in [0.2, 0.25) is 0 Å². The number of aromatic nitrogens is 1. The summed E-state index contributed by atoms with van der Waals surface area (Å²) in [5.74, 6) is -1.77. The van der Waals surface area contributed by atoms with Crippen molar-refractivity contribution in [1.82, 2.24) is 4.98 Å². The maximum atomic E-state index is 13.1. The molecule has 100 valence electrons. The number of hydrogen-bond acceptors (Lipinski definition) is 4. The Balaban J connectivity index is 2.26. The second-order valence-corrected chi connectivity index (χ2v) is 5.25. The molecule has 0 unspecified atom stereocenters. The van der Waals surface area contributed by atoms with Gasteiger partial charge in [0.25, 0.3) is 0 Å². The van der Waals surface area contributed by atoms with Gasteiger partial charge in [-0.25, -0.2) is 18.6 Å². The van der Waals surface area contributed by atoms with Crippen LogP contribution in [0.5, 0.6) is 0 Å². The van der Waals surface area contributed by atoms with Crippen molar-refractivity contribution in [1.29, 1.82) is 0 Å². The molecule has 0 saturated carbocycles. The molecule has 0 spiro atoms. The Kier molecular flexibility index (Phi) is 3.90. The standard InChI is InChI=1S/C13H11F2NO2S/c1-7-12(13(17)18-2)16-11(19-7)5-8-3-9(14)6-10(15)4-8/h3-4,6H,5H2,1-2H3. The van der Waals surface area contributed by atoms with Crippen LogP contribution < -0.4 is 0 Å². The zero-order valence-corrected chi connectivity index (χ0v) is 11.2. The van der Waals surface area contributed by atoms with E-state index in [0.717, 1.165) is 10.9 Å². The first-order chi connectivity index (χ1) is 8.99. The van der Waals surface area contributed by atoms with Crippen molar-refractivity contribution in [3.8, 4) is 0 Å². The summed E-state index contributed by atoms with van der Waals surface area (Å²) in [7, 11) is 1.28. The van der Waals surface area contributed by atoms with Crippen molar-refractivity contribution in [3.05, 3.63) is 51.0 Å². The van der Waals surface area contributed by atoms with Gasteiger partial charge in [-0.2, -0.15) is 0 Å². The fourth-order valence-corrected chi connectivity index (χ4v) is 2.66. The molecule has 0 atom stereocenters. The van der Waals surface area contributed by atoms with Crippen LogP contribution in [0, 0.1) is 18.6 Å². The molecular weight excluding hydrogens is 272 g/mol. The highest BCUT2D eigenvalue weighted by Crippen LogP contribution is 2.21. The Morgan fingerprint density at radius 2 is 1.95 bits per heavy atom. The Bertz CT molecular complexity index is 605. The van der Waals surface area contributed by atoms with Crippen LogP contribution in [0.4, 0.5) is 8.78 Å². The molecule has 19 heavy (non-hydrogen) atoms. The fraction of sp³-hybridized carbons (Fsp3) is 0.231. The molecular formula is C13H11F2NO2S. The minimum atomic E-state index is -0.628. The van der Waals surface area contributed by atoms with Crippen LogP contribution in [-0.4, -0.2) is 18.1 Å². The predicted octanol–water partition coefficient (Wildman–Crippen LogP) is 3.11. The molecule has 2 rings (SSSR count). The van der Waals surface area contributed by atoms with E-state index in [1.807, 2.05) is 0 Å². The number of methoxy groups -OCH3 is 1. The minimum Gasteiger partial charge on any atom is -0.464 e. The monoisotopic (exact) mass is 283 g/mol. The van der Waals surface area contributed by atoms with Gasteiger partial charge in [0, 0.05) is 17.4 Å². The number of carbonyl (C=O) groups is 1. The molecule has 0 saturated heterocycles. The number of benzene rings is 1. The van der Waals surface area contributed by atoms with Gasteiger partial charge >= 0.3 is 5.97 Å². The first kappa shape index (κ1) is 13.6. The predicted molar refractivity (Wildman–Crippen MR) is 67.4 cm³/mol. The van der Waals surface area contributed by atoms with Crippen LogP contribution in [0.2, 0.25) is 0 Å². The molecule has 1 aromatic carbocycles. The van der Waals surface area contributed by atoms with E-state index >= 15 is 0 Å². The summed E-state index contributed by atoms with van der Waals surface area (Å²) in [6, 6.07) is 3.31. The topological polar surface area (TPSA) is 39.2 Å². The van der Waals surface area contributed by atoms with Crippen LogP contribution in [0.3, 0.4) is 0 Å². The number of carbonyl (C=O) groups excluding carboxylic acids is 1. The third-order valence-corrected chi connectivity index (χ3v) is 3.47. The molecule has 0 bridgehead atoms. The molecule has 0 aliphatic heterocycles. The maximum absolute atomic E-state index is 13.1. The van der Waals surface area contributed by atoms with Gasteiger partial charge in [0.15, 0.2) is 5.69 Å². The lowest BCUT2D eigenvalue weighted by atomic mass is 10.1. The lowest BCUT2D eigenvalue weighted by molar-refractivity contribution is 0.0594. The van der Waals surface area contributed by atoms with Crippen molar-refractivity contribution in [2.75, 3.05) is 7.11 Å². The van der Waals surface area contributed by atoms with Gasteiger partial charge in [-0.1, -0.05) is 0 Å². The Morgan fingerprint density at radius 1 is 1.32 bits per heavy atom. The summed E-state index contributed by atoms with van der Waals surface area (Å²) in [5, 5.41) is 0.614. The van der Waals surface area contributed by atoms with Crippen molar-refractivity contribution in [2.45, 2.75) is 13.3 Å². The van der Waals surface area contributed by atoms with Crippen molar-refractivity contribution < 1.29 is 18.3 Å². The number of thiazole rings is 1. The highest BCUT2D eigenvalue weighted by molar-refractivity contribution is 7.11. The summed E-state index contributed by atoms with van der Waals surface area (Å²) in [6.45, 7) is 1.75. The lowest BCUT2D eigenvalue weighted by Gasteiger charge is -1.99. The summed E-state index contributed by atoms with van der Waals surface area (Å²) in [4.78, 5) is 16.3. The average Bonchev–Trinajstić information content (AvgIpc) is 2.68. The first-order valence-electron chi connectivity index (χ1n) is 5.49. The highest BCUT2D eigenvalue weighted by atomic mass is 32.1. The number of halogens is 2. The van der Waals surface area contributed by atoms with Crippen LogP contribution >= 0.6 is 11.3 Å². The summed E-state index contributed by atoms with van der Waals surface area (Å²) in [6.07, 6.45) is 0.275. The molecule has 0 radical (unpaired) electrons. The molecule has 1 heterocycles. The number of ether oxygens (including phenoxy) is 1. The van der Waals surface area contributed by atoms with Crippen LogP contribution in [0.25, 0.3) is 0 Å². The summed E-state index contributed by atoms with van der Waals surface area (Å²) in [5.41, 5.74) is 0.724. The van der Waals surface area contributed by atoms with Gasteiger partial charge in [-0.15, -0.1) is 11.3 Å². The Hall–Kier alpha value is -1.82. The minimum absolute atomic E-state index is 0.249. The van der Waals surface area contributed by atoms with Gasteiger partial charge in [-0.05, 0) is 24.6 Å². The largest absolute Gasteiger partial charge is 0.464 e. The molecule has 0 N–H and O–H groups in total. The van der Waals surface area contributed by atoms with E-state index in [0.29, 0.717) is 10.6 Å². The third-order valence-electron chi connectivity index (χ3n) is 2.50. The van der Waals surface area contributed by atoms with Crippen LogP contribution in [0.1, 0.15) is 25.9 Å². The number of esters is 1. The molecule has 0 fully saturated rings. The second-order valence-electron chi connectivity index (χ2n) is 3.96.